The fraction of sp³-hybridized carbons (Fsp3) is 0.273. The summed E-state index contributed by atoms with van der Waals surface area (Å²) < 4.78 is 25.9. The molecule has 14 heavy (non-hydrogen) atoms. The van der Waals surface area contributed by atoms with Gasteiger partial charge >= 0.3 is 0 Å². The summed E-state index contributed by atoms with van der Waals surface area (Å²) >= 11 is 0. The molecule has 0 aliphatic carbocycles. The molecule has 0 unspecified atom stereocenters. The quantitative estimate of drug-likeness (QED) is 0.792. The Morgan fingerprint density at radius 2 is 2.14 bits per heavy atom. The van der Waals surface area contributed by atoms with Gasteiger partial charge in [-0.05, 0) is 24.6 Å². The van der Waals surface area contributed by atoms with Gasteiger partial charge in [0.1, 0.15) is 11.6 Å². The molecule has 76 valence electrons. The van der Waals surface area contributed by atoms with Crippen LogP contribution in [0.4, 0.5) is 8.78 Å². The maximum atomic E-state index is 13.2. The van der Waals surface area contributed by atoms with Crippen LogP contribution in [0.2, 0.25) is 0 Å². The summed E-state index contributed by atoms with van der Waals surface area (Å²) in [4.78, 5) is 0. The number of nitrogens with two attached hydrogens (primary N) is 1. The molecule has 0 radical (unpaired) electrons. The van der Waals surface area contributed by atoms with E-state index in [2.05, 4.69) is 0 Å². The highest BCUT2D eigenvalue weighted by molar-refractivity contribution is 5.53. The standard InChI is InChI=1S/C11H13F2N/c1-2-8(7-14)5-9-6-10(12)3-4-11(9)13/h3-6H,2,7,14H2,1H3. The second kappa shape index (κ2) is 4.86. The largest absolute Gasteiger partial charge is 0.327 e. The molecular weight excluding hydrogens is 184 g/mol. The van der Waals surface area contributed by atoms with Gasteiger partial charge in [0.05, 0.1) is 0 Å². The molecule has 1 nitrogen and oxygen atoms in total. The molecule has 0 aliphatic heterocycles. The van der Waals surface area contributed by atoms with Crippen LogP contribution < -0.4 is 5.73 Å². The van der Waals surface area contributed by atoms with Crippen LogP contribution in [-0.2, 0) is 0 Å². The summed E-state index contributed by atoms with van der Waals surface area (Å²) in [6.07, 6.45) is 2.34. The van der Waals surface area contributed by atoms with Crippen molar-refractivity contribution in [2.75, 3.05) is 6.54 Å². The maximum Gasteiger partial charge on any atom is 0.130 e. The van der Waals surface area contributed by atoms with Crippen molar-refractivity contribution in [1.82, 2.24) is 0 Å². The van der Waals surface area contributed by atoms with E-state index in [1.165, 1.54) is 6.07 Å². The average molecular weight is 197 g/mol. The number of hydrogen-bond donors (Lipinski definition) is 1. The van der Waals surface area contributed by atoms with Crippen LogP contribution in [0.25, 0.3) is 6.08 Å². The molecule has 1 rings (SSSR count). The van der Waals surface area contributed by atoms with Crippen molar-refractivity contribution in [3.05, 3.63) is 41.0 Å². The van der Waals surface area contributed by atoms with Crippen LogP contribution in [-0.4, -0.2) is 6.54 Å². The van der Waals surface area contributed by atoms with Crippen molar-refractivity contribution in [2.24, 2.45) is 5.73 Å². The first-order valence-electron chi connectivity index (χ1n) is 4.52. The van der Waals surface area contributed by atoms with Crippen molar-refractivity contribution < 1.29 is 8.78 Å². The summed E-state index contributed by atoms with van der Waals surface area (Å²) in [6, 6.07) is 3.38. The van der Waals surface area contributed by atoms with Crippen LogP contribution in [0.3, 0.4) is 0 Å². The molecule has 0 aromatic heterocycles. The second-order valence-electron chi connectivity index (χ2n) is 3.03. The van der Waals surface area contributed by atoms with Gasteiger partial charge in [0.15, 0.2) is 0 Å². The Kier molecular flexibility index (Phi) is 3.77. The maximum absolute atomic E-state index is 13.2. The topological polar surface area (TPSA) is 26.0 Å². The molecule has 0 amide bonds. The van der Waals surface area contributed by atoms with Gasteiger partial charge in [-0.1, -0.05) is 18.6 Å². The van der Waals surface area contributed by atoms with Crippen molar-refractivity contribution in [3.8, 4) is 0 Å². The zero-order chi connectivity index (χ0) is 10.6. The minimum absolute atomic E-state index is 0.257. The van der Waals surface area contributed by atoms with Crippen molar-refractivity contribution in [3.63, 3.8) is 0 Å². The molecule has 0 fully saturated rings. The molecule has 0 saturated carbocycles. The molecule has 0 saturated heterocycles. The zero-order valence-electron chi connectivity index (χ0n) is 8.06. The third-order valence-corrected chi connectivity index (χ3v) is 2.03. The van der Waals surface area contributed by atoms with Gasteiger partial charge in [0, 0.05) is 12.1 Å². The molecule has 0 bridgehead atoms. The first-order chi connectivity index (χ1) is 6.67. The van der Waals surface area contributed by atoms with Gasteiger partial charge in [0.25, 0.3) is 0 Å². The number of hydrogen-bond acceptors (Lipinski definition) is 1. The Labute approximate surface area is 82.2 Å². The molecule has 0 atom stereocenters. The number of halogens is 2. The predicted octanol–water partition coefficient (Wildman–Crippen LogP) is 2.72. The first-order valence-corrected chi connectivity index (χ1v) is 4.52. The zero-order valence-corrected chi connectivity index (χ0v) is 8.06. The SMILES string of the molecule is CCC(=Cc1cc(F)ccc1F)CN. The average Bonchev–Trinajstić information content (AvgIpc) is 2.19. The minimum atomic E-state index is -0.440. The van der Waals surface area contributed by atoms with E-state index >= 15 is 0 Å². The van der Waals surface area contributed by atoms with E-state index < -0.39 is 11.6 Å². The molecule has 3 heteroatoms. The van der Waals surface area contributed by atoms with Crippen LogP contribution in [0, 0.1) is 11.6 Å². The van der Waals surface area contributed by atoms with E-state index in [1.807, 2.05) is 6.92 Å². The van der Waals surface area contributed by atoms with Crippen LogP contribution in [0.15, 0.2) is 23.8 Å². The summed E-state index contributed by atoms with van der Waals surface area (Å²) in [7, 11) is 0. The van der Waals surface area contributed by atoms with E-state index in [9.17, 15) is 8.78 Å². The van der Waals surface area contributed by atoms with E-state index in [1.54, 1.807) is 6.08 Å². The van der Waals surface area contributed by atoms with Crippen LogP contribution in [0.5, 0.6) is 0 Å². The Bertz CT molecular complexity index is 339. The molecule has 0 aliphatic rings. The molecule has 2 N–H and O–H groups in total. The Hall–Kier alpha value is -1.22. The van der Waals surface area contributed by atoms with Gasteiger partial charge < -0.3 is 5.73 Å². The van der Waals surface area contributed by atoms with E-state index in [0.717, 1.165) is 24.1 Å². The second-order valence-corrected chi connectivity index (χ2v) is 3.03. The van der Waals surface area contributed by atoms with E-state index in [4.69, 9.17) is 5.73 Å². The Morgan fingerprint density at radius 3 is 2.71 bits per heavy atom. The lowest BCUT2D eigenvalue weighted by molar-refractivity contribution is 0.597. The number of benzene rings is 1. The highest BCUT2D eigenvalue weighted by Gasteiger charge is 2.01. The van der Waals surface area contributed by atoms with Crippen molar-refractivity contribution in [2.45, 2.75) is 13.3 Å². The third-order valence-electron chi connectivity index (χ3n) is 2.03. The smallest absolute Gasteiger partial charge is 0.130 e. The monoisotopic (exact) mass is 197 g/mol. The summed E-state index contributed by atoms with van der Waals surface area (Å²) in [5.41, 5.74) is 6.59. The molecule has 1 aromatic rings. The van der Waals surface area contributed by atoms with Crippen molar-refractivity contribution >= 4 is 6.08 Å². The van der Waals surface area contributed by atoms with Crippen LogP contribution in [0.1, 0.15) is 18.9 Å². The first kappa shape index (κ1) is 10.9. The van der Waals surface area contributed by atoms with Gasteiger partial charge in [-0.15, -0.1) is 0 Å². The molecule has 1 aromatic carbocycles. The summed E-state index contributed by atoms with van der Waals surface area (Å²) in [5, 5.41) is 0. The lowest BCUT2D eigenvalue weighted by Gasteiger charge is -2.02. The fourth-order valence-electron chi connectivity index (χ4n) is 1.15. The Morgan fingerprint density at radius 1 is 1.43 bits per heavy atom. The van der Waals surface area contributed by atoms with Crippen LogP contribution >= 0.6 is 0 Å². The lowest BCUT2D eigenvalue weighted by Crippen LogP contribution is -2.02. The molecule has 0 spiro atoms. The van der Waals surface area contributed by atoms with Gasteiger partial charge in [-0.2, -0.15) is 0 Å². The highest BCUT2D eigenvalue weighted by Crippen LogP contribution is 2.14. The molecular formula is C11H13F2N. The normalized spacial score (nSPS) is 11.9. The van der Waals surface area contributed by atoms with E-state index in [-0.39, 0.29) is 5.56 Å². The minimum Gasteiger partial charge on any atom is -0.327 e. The van der Waals surface area contributed by atoms with E-state index in [0.29, 0.717) is 6.54 Å². The summed E-state index contributed by atoms with van der Waals surface area (Å²) in [5.74, 6) is -0.865. The van der Waals surface area contributed by atoms with Gasteiger partial charge in [-0.3, -0.25) is 0 Å². The lowest BCUT2D eigenvalue weighted by atomic mass is 10.1. The Balaban J connectivity index is 3.06. The number of rotatable bonds is 3. The van der Waals surface area contributed by atoms with Crippen molar-refractivity contribution in [1.29, 1.82) is 0 Å². The van der Waals surface area contributed by atoms with Gasteiger partial charge in [-0.25, -0.2) is 8.78 Å². The third kappa shape index (κ3) is 2.64. The summed E-state index contributed by atoms with van der Waals surface area (Å²) in [6.45, 7) is 2.29. The van der Waals surface area contributed by atoms with Gasteiger partial charge in [0.2, 0.25) is 0 Å². The fourth-order valence-corrected chi connectivity index (χ4v) is 1.15. The molecule has 0 heterocycles. The highest BCUT2D eigenvalue weighted by atomic mass is 19.1. The predicted molar refractivity (Wildman–Crippen MR) is 53.7 cm³/mol.